The number of carbonyl (C=O) groups excluding carboxylic acids is 1. The first-order valence-electron chi connectivity index (χ1n) is 8.09. The molecule has 0 bridgehead atoms. The second-order valence-electron chi connectivity index (χ2n) is 6.10. The van der Waals surface area contributed by atoms with E-state index in [9.17, 15) is 4.79 Å². The number of carbonyl (C=O) groups is 1. The van der Waals surface area contributed by atoms with E-state index < -0.39 is 0 Å². The number of aromatic amines is 1. The summed E-state index contributed by atoms with van der Waals surface area (Å²) < 4.78 is 0. The number of hydrogen-bond acceptors (Lipinski definition) is 2. The minimum Gasteiger partial charge on any atom is -0.353 e. The van der Waals surface area contributed by atoms with Crippen molar-refractivity contribution in [1.82, 2.24) is 15.3 Å². The fourth-order valence-electron chi connectivity index (χ4n) is 3.58. The maximum Gasteiger partial charge on any atom is 0.251 e. The van der Waals surface area contributed by atoms with E-state index in [0.29, 0.717) is 6.54 Å². The molecule has 2 aromatic carbocycles. The Kier molecular flexibility index (Phi) is 2.73. The van der Waals surface area contributed by atoms with Crippen molar-refractivity contribution in [2.24, 2.45) is 0 Å². The van der Waals surface area contributed by atoms with Crippen molar-refractivity contribution in [3.63, 3.8) is 0 Å². The molecule has 3 heterocycles. The lowest BCUT2D eigenvalue weighted by molar-refractivity contribution is 0.0957. The number of H-pyrrole nitrogens is 1. The molecule has 1 aliphatic heterocycles. The average Bonchev–Trinajstić information content (AvgIpc) is 2.91. The Hall–Kier alpha value is -3.14. The Balaban J connectivity index is 1.81. The van der Waals surface area contributed by atoms with E-state index in [2.05, 4.69) is 22.4 Å². The topological polar surface area (TPSA) is 57.8 Å². The predicted octanol–water partition coefficient (Wildman–Crippen LogP) is 3.67. The highest BCUT2D eigenvalue weighted by atomic mass is 16.1. The van der Waals surface area contributed by atoms with Crippen molar-refractivity contribution in [3.8, 4) is 11.4 Å². The fraction of sp³-hybridized carbons (Fsp3) is 0.100. The summed E-state index contributed by atoms with van der Waals surface area (Å²) >= 11 is 0. The molecule has 0 fully saturated rings. The summed E-state index contributed by atoms with van der Waals surface area (Å²) in [6.07, 6.45) is 0.798. The van der Waals surface area contributed by atoms with Gasteiger partial charge in [0.05, 0.1) is 16.9 Å². The van der Waals surface area contributed by atoms with Gasteiger partial charge in [0.15, 0.2) is 0 Å². The molecule has 5 rings (SSSR count). The second kappa shape index (κ2) is 4.93. The number of rotatable bonds is 1. The van der Waals surface area contributed by atoms with Crippen molar-refractivity contribution in [3.05, 3.63) is 65.7 Å². The van der Waals surface area contributed by atoms with Crippen molar-refractivity contribution in [2.45, 2.75) is 6.42 Å². The molecule has 2 aromatic heterocycles. The summed E-state index contributed by atoms with van der Waals surface area (Å²) in [6.45, 7) is 0.640. The Morgan fingerprint density at radius 3 is 2.83 bits per heavy atom. The molecule has 0 unspecified atom stereocenters. The summed E-state index contributed by atoms with van der Waals surface area (Å²) in [7, 11) is 0. The zero-order valence-electron chi connectivity index (χ0n) is 13.0. The van der Waals surface area contributed by atoms with Gasteiger partial charge in [-0.2, -0.15) is 0 Å². The van der Waals surface area contributed by atoms with E-state index >= 15 is 0 Å². The third-order valence-corrected chi connectivity index (χ3v) is 4.69. The Labute approximate surface area is 138 Å². The molecule has 1 amide bonds. The third kappa shape index (κ3) is 1.86. The van der Waals surface area contributed by atoms with Crippen LogP contribution in [0.15, 0.2) is 54.6 Å². The van der Waals surface area contributed by atoms with Gasteiger partial charge in [0, 0.05) is 28.4 Å². The van der Waals surface area contributed by atoms with Crippen LogP contribution in [-0.2, 0) is 6.42 Å². The van der Waals surface area contributed by atoms with E-state index in [1.54, 1.807) is 0 Å². The van der Waals surface area contributed by atoms with Crippen LogP contribution in [0.5, 0.6) is 0 Å². The van der Waals surface area contributed by atoms with Gasteiger partial charge < -0.3 is 10.3 Å². The molecule has 4 heteroatoms. The molecule has 0 aliphatic carbocycles. The Morgan fingerprint density at radius 2 is 1.88 bits per heavy atom. The molecule has 2 N–H and O–H groups in total. The average molecular weight is 313 g/mol. The molecule has 4 aromatic rings. The highest BCUT2D eigenvalue weighted by molar-refractivity contribution is 6.10. The molecular formula is C20H15N3O. The summed E-state index contributed by atoms with van der Waals surface area (Å²) in [4.78, 5) is 20.6. The summed E-state index contributed by atoms with van der Waals surface area (Å²) in [5, 5.41) is 5.12. The first kappa shape index (κ1) is 13.3. The minimum atomic E-state index is -0.00336. The van der Waals surface area contributed by atoms with Crippen LogP contribution in [0.25, 0.3) is 33.2 Å². The first-order valence-corrected chi connectivity index (χ1v) is 8.09. The minimum absolute atomic E-state index is 0.00336. The predicted molar refractivity (Wildman–Crippen MR) is 95.1 cm³/mol. The van der Waals surface area contributed by atoms with Crippen LogP contribution in [0.4, 0.5) is 0 Å². The molecule has 0 radical (unpaired) electrons. The maximum atomic E-state index is 12.3. The van der Waals surface area contributed by atoms with Gasteiger partial charge >= 0.3 is 0 Å². The van der Waals surface area contributed by atoms with Crippen LogP contribution in [-0.4, -0.2) is 22.4 Å². The van der Waals surface area contributed by atoms with Crippen molar-refractivity contribution in [2.75, 3.05) is 6.54 Å². The van der Waals surface area contributed by atoms with Crippen LogP contribution in [0.2, 0.25) is 0 Å². The van der Waals surface area contributed by atoms with Gasteiger partial charge in [-0.25, -0.2) is 4.98 Å². The summed E-state index contributed by atoms with van der Waals surface area (Å²) in [6, 6.07) is 18.1. The number of amides is 1. The maximum absolute atomic E-state index is 12.3. The summed E-state index contributed by atoms with van der Waals surface area (Å²) in [5.74, 6) is -0.00336. The lowest BCUT2D eigenvalue weighted by atomic mass is 10.0. The van der Waals surface area contributed by atoms with Gasteiger partial charge in [0.1, 0.15) is 0 Å². The van der Waals surface area contributed by atoms with Crippen LogP contribution < -0.4 is 5.32 Å². The van der Waals surface area contributed by atoms with Crippen LogP contribution >= 0.6 is 0 Å². The quantitative estimate of drug-likeness (QED) is 0.563. The zero-order valence-corrected chi connectivity index (χ0v) is 13.0. The molecule has 4 nitrogen and oxygen atoms in total. The van der Waals surface area contributed by atoms with E-state index in [-0.39, 0.29) is 5.91 Å². The fourth-order valence-corrected chi connectivity index (χ4v) is 3.58. The third-order valence-electron chi connectivity index (χ3n) is 4.69. The van der Waals surface area contributed by atoms with E-state index in [1.807, 2.05) is 42.5 Å². The van der Waals surface area contributed by atoms with Gasteiger partial charge in [-0.3, -0.25) is 4.79 Å². The second-order valence-corrected chi connectivity index (χ2v) is 6.10. The van der Waals surface area contributed by atoms with Gasteiger partial charge in [-0.05, 0) is 36.2 Å². The van der Waals surface area contributed by atoms with E-state index in [1.165, 1.54) is 5.56 Å². The van der Waals surface area contributed by atoms with Crippen LogP contribution in [0, 0.1) is 0 Å². The smallest absolute Gasteiger partial charge is 0.251 e. The Morgan fingerprint density at radius 1 is 0.958 bits per heavy atom. The number of nitrogens with zero attached hydrogens (tertiary/aromatic N) is 1. The SMILES string of the molecule is O=C1NCCc2c(-c3ccc4ccccc4n3)[nH]c3cccc1c23. The number of pyridine rings is 1. The van der Waals surface area contributed by atoms with Crippen molar-refractivity contribution >= 4 is 27.7 Å². The number of aromatic nitrogens is 2. The normalized spacial score (nSPS) is 13.9. The number of fused-ring (bicyclic) bond motifs is 1. The zero-order chi connectivity index (χ0) is 16.1. The molecule has 1 aliphatic rings. The molecule has 0 spiro atoms. The molecule has 24 heavy (non-hydrogen) atoms. The van der Waals surface area contributed by atoms with E-state index in [0.717, 1.165) is 45.2 Å². The standard InChI is InChI=1S/C20H15N3O/c24-20-14-5-3-7-16-18(14)13(10-11-21-20)19(23-16)17-9-8-12-4-1-2-6-15(12)22-17/h1-9,23H,10-11H2,(H,21,24). The first-order chi connectivity index (χ1) is 11.8. The van der Waals surface area contributed by atoms with E-state index in [4.69, 9.17) is 4.98 Å². The van der Waals surface area contributed by atoms with Crippen molar-refractivity contribution < 1.29 is 4.79 Å². The number of benzene rings is 2. The van der Waals surface area contributed by atoms with Gasteiger partial charge in [-0.15, -0.1) is 0 Å². The molecule has 116 valence electrons. The largest absolute Gasteiger partial charge is 0.353 e. The lowest BCUT2D eigenvalue weighted by Gasteiger charge is -2.05. The number of hydrogen-bond donors (Lipinski definition) is 2. The lowest BCUT2D eigenvalue weighted by Crippen LogP contribution is -2.23. The van der Waals surface area contributed by atoms with Gasteiger partial charge in [0.2, 0.25) is 0 Å². The summed E-state index contributed by atoms with van der Waals surface area (Å²) in [5.41, 5.74) is 5.80. The molecule has 0 saturated carbocycles. The monoisotopic (exact) mass is 313 g/mol. The molecular weight excluding hydrogens is 298 g/mol. The van der Waals surface area contributed by atoms with Crippen molar-refractivity contribution in [1.29, 1.82) is 0 Å². The van der Waals surface area contributed by atoms with Gasteiger partial charge in [0.25, 0.3) is 5.91 Å². The van der Waals surface area contributed by atoms with Crippen LogP contribution in [0.3, 0.4) is 0 Å². The molecule has 0 atom stereocenters. The number of nitrogens with one attached hydrogen (secondary N) is 2. The number of para-hydroxylation sites is 1. The molecule has 0 saturated heterocycles. The highest BCUT2D eigenvalue weighted by Gasteiger charge is 2.22. The highest BCUT2D eigenvalue weighted by Crippen LogP contribution is 2.33. The van der Waals surface area contributed by atoms with Gasteiger partial charge in [-0.1, -0.05) is 30.3 Å². The Bertz CT molecular complexity index is 1110. The van der Waals surface area contributed by atoms with Crippen LogP contribution in [0.1, 0.15) is 15.9 Å².